The zero-order valence-electron chi connectivity index (χ0n) is 9.59. The summed E-state index contributed by atoms with van der Waals surface area (Å²) in [6.07, 6.45) is 2.54. The van der Waals surface area contributed by atoms with E-state index < -0.39 is 5.60 Å². The van der Waals surface area contributed by atoms with Gasteiger partial charge in [-0.1, -0.05) is 6.07 Å². The highest BCUT2D eigenvalue weighted by atomic mass is 16.3. The number of aryl methyl sites for hydroxylation is 1. The summed E-state index contributed by atoms with van der Waals surface area (Å²) in [7, 11) is 0. The second kappa shape index (κ2) is 3.24. The fraction of sp³-hybridized carbons (Fsp3) is 0.538. The Morgan fingerprint density at radius 1 is 1.20 bits per heavy atom. The molecule has 0 unspecified atom stereocenters. The van der Waals surface area contributed by atoms with Gasteiger partial charge in [-0.2, -0.15) is 0 Å². The molecule has 0 aromatic heterocycles. The molecule has 82 valence electrons. The highest BCUT2D eigenvalue weighted by molar-refractivity contribution is 5.48. The molecular weight excluding hydrogens is 188 g/mol. The molecule has 1 aromatic carbocycles. The molecule has 2 N–H and O–H groups in total. The minimum atomic E-state index is -0.458. The van der Waals surface area contributed by atoms with E-state index >= 15 is 0 Å². The van der Waals surface area contributed by atoms with Gasteiger partial charge >= 0.3 is 0 Å². The Bertz CT molecular complexity index is 403. The quantitative estimate of drug-likeness (QED) is 0.780. The molecule has 2 nitrogen and oxygen atoms in total. The van der Waals surface area contributed by atoms with Crippen LogP contribution < -0.4 is 0 Å². The Balaban J connectivity index is 2.39. The predicted octanol–water partition coefficient (Wildman–Crippen LogP) is 2.38. The van der Waals surface area contributed by atoms with Crippen LogP contribution in [0.15, 0.2) is 6.07 Å². The van der Waals surface area contributed by atoms with Crippen LogP contribution in [-0.4, -0.2) is 15.8 Å². The van der Waals surface area contributed by atoms with Crippen LogP contribution in [-0.2, 0) is 6.42 Å². The average molecular weight is 206 g/mol. The summed E-state index contributed by atoms with van der Waals surface area (Å²) in [5.74, 6) is 0.388. The van der Waals surface area contributed by atoms with Crippen molar-refractivity contribution in [2.45, 2.75) is 45.6 Å². The van der Waals surface area contributed by atoms with Gasteiger partial charge in [-0.25, -0.2) is 0 Å². The van der Waals surface area contributed by atoms with Crippen molar-refractivity contribution in [3.05, 3.63) is 28.3 Å². The lowest BCUT2D eigenvalue weighted by atomic mass is 9.94. The highest BCUT2D eigenvalue weighted by Gasteiger charge is 2.40. The Kier molecular flexibility index (Phi) is 2.27. The minimum Gasteiger partial charge on any atom is -0.507 e. The highest BCUT2D eigenvalue weighted by Crippen LogP contribution is 2.40. The maximum atomic E-state index is 9.90. The van der Waals surface area contributed by atoms with Crippen molar-refractivity contribution in [2.24, 2.45) is 0 Å². The summed E-state index contributed by atoms with van der Waals surface area (Å²) in [4.78, 5) is 0. The minimum absolute atomic E-state index is 0.388. The summed E-state index contributed by atoms with van der Waals surface area (Å²) in [6.45, 7) is 5.84. The third-order valence-corrected chi connectivity index (χ3v) is 3.51. The van der Waals surface area contributed by atoms with E-state index in [2.05, 4.69) is 0 Å². The molecule has 0 amide bonds. The van der Waals surface area contributed by atoms with E-state index in [0.29, 0.717) is 5.75 Å². The normalized spacial score (nSPS) is 17.9. The second-order valence-electron chi connectivity index (χ2n) is 4.85. The van der Waals surface area contributed by atoms with Crippen molar-refractivity contribution in [3.63, 3.8) is 0 Å². The predicted molar refractivity (Wildman–Crippen MR) is 60.2 cm³/mol. The zero-order chi connectivity index (χ0) is 11.2. The molecule has 1 aromatic rings. The second-order valence-corrected chi connectivity index (χ2v) is 4.85. The van der Waals surface area contributed by atoms with Crippen LogP contribution in [0.1, 0.15) is 35.1 Å². The number of benzene rings is 1. The van der Waals surface area contributed by atoms with Crippen LogP contribution in [0.2, 0.25) is 0 Å². The first-order chi connectivity index (χ1) is 6.93. The van der Waals surface area contributed by atoms with Gasteiger partial charge in [-0.15, -0.1) is 0 Å². The molecule has 1 aliphatic rings. The van der Waals surface area contributed by atoms with Crippen LogP contribution in [0, 0.1) is 20.8 Å². The Hall–Kier alpha value is -1.02. The molecule has 1 aliphatic carbocycles. The summed E-state index contributed by atoms with van der Waals surface area (Å²) >= 11 is 0. The number of aromatic hydroxyl groups is 1. The number of aliphatic hydroxyl groups is 1. The van der Waals surface area contributed by atoms with Crippen molar-refractivity contribution >= 4 is 0 Å². The summed E-state index contributed by atoms with van der Waals surface area (Å²) in [5, 5.41) is 19.7. The molecule has 2 rings (SSSR count). The fourth-order valence-electron chi connectivity index (χ4n) is 2.01. The molecule has 15 heavy (non-hydrogen) atoms. The maximum absolute atomic E-state index is 9.90. The molecule has 0 bridgehead atoms. The van der Waals surface area contributed by atoms with Crippen molar-refractivity contribution in [1.82, 2.24) is 0 Å². The van der Waals surface area contributed by atoms with Crippen LogP contribution in [0.5, 0.6) is 5.75 Å². The van der Waals surface area contributed by atoms with Crippen LogP contribution in [0.25, 0.3) is 0 Å². The lowest BCUT2D eigenvalue weighted by molar-refractivity contribution is 0.150. The van der Waals surface area contributed by atoms with E-state index in [0.717, 1.165) is 36.0 Å². The lowest BCUT2D eigenvalue weighted by Gasteiger charge is -2.15. The molecular formula is C13H18O2. The first-order valence-corrected chi connectivity index (χ1v) is 5.44. The molecule has 0 spiro atoms. The smallest absolute Gasteiger partial charge is 0.121 e. The van der Waals surface area contributed by atoms with Gasteiger partial charge in [0.05, 0.1) is 5.60 Å². The number of phenolic OH excluding ortho intramolecular Hbond substituents is 1. The maximum Gasteiger partial charge on any atom is 0.121 e. The van der Waals surface area contributed by atoms with Crippen molar-refractivity contribution in [1.29, 1.82) is 0 Å². The van der Waals surface area contributed by atoms with Crippen LogP contribution in [0.3, 0.4) is 0 Å². The molecule has 1 saturated carbocycles. The molecule has 2 heteroatoms. The fourth-order valence-corrected chi connectivity index (χ4v) is 2.01. The number of hydrogen-bond acceptors (Lipinski definition) is 2. The van der Waals surface area contributed by atoms with Gasteiger partial charge < -0.3 is 10.2 Å². The summed E-state index contributed by atoms with van der Waals surface area (Å²) in [5.41, 5.74) is 3.66. The Morgan fingerprint density at radius 3 is 2.33 bits per heavy atom. The van der Waals surface area contributed by atoms with Crippen molar-refractivity contribution in [3.8, 4) is 5.75 Å². The van der Waals surface area contributed by atoms with E-state index in [1.54, 1.807) is 0 Å². The first kappa shape index (κ1) is 10.5. The van der Waals surface area contributed by atoms with Gasteiger partial charge in [0.2, 0.25) is 0 Å². The summed E-state index contributed by atoms with van der Waals surface area (Å²) in [6, 6.07) is 1.99. The Labute approximate surface area is 90.6 Å². The van der Waals surface area contributed by atoms with Crippen LogP contribution in [0.4, 0.5) is 0 Å². The van der Waals surface area contributed by atoms with Crippen LogP contribution >= 0.6 is 0 Å². The molecule has 0 atom stereocenters. The van der Waals surface area contributed by atoms with Gasteiger partial charge in [0.15, 0.2) is 0 Å². The number of phenols is 1. The Morgan fingerprint density at radius 2 is 1.80 bits per heavy atom. The van der Waals surface area contributed by atoms with E-state index in [1.165, 1.54) is 5.56 Å². The number of rotatable bonds is 2. The monoisotopic (exact) mass is 206 g/mol. The lowest BCUT2D eigenvalue weighted by Crippen LogP contribution is -2.12. The van der Waals surface area contributed by atoms with Gasteiger partial charge in [0.25, 0.3) is 0 Å². The van der Waals surface area contributed by atoms with E-state index in [-0.39, 0.29) is 0 Å². The average Bonchev–Trinajstić information content (AvgIpc) is 2.89. The topological polar surface area (TPSA) is 40.5 Å². The molecule has 0 radical (unpaired) electrons. The van der Waals surface area contributed by atoms with Crippen molar-refractivity contribution in [2.75, 3.05) is 0 Å². The van der Waals surface area contributed by atoms with Gasteiger partial charge in [-0.3, -0.25) is 0 Å². The first-order valence-electron chi connectivity index (χ1n) is 5.44. The van der Waals surface area contributed by atoms with Gasteiger partial charge in [-0.05, 0) is 55.9 Å². The van der Waals surface area contributed by atoms with E-state index in [4.69, 9.17) is 0 Å². The van der Waals surface area contributed by atoms with Gasteiger partial charge in [0, 0.05) is 6.42 Å². The third-order valence-electron chi connectivity index (χ3n) is 3.51. The van der Waals surface area contributed by atoms with Crippen molar-refractivity contribution < 1.29 is 10.2 Å². The molecule has 0 saturated heterocycles. The van der Waals surface area contributed by atoms with E-state index in [1.807, 2.05) is 26.8 Å². The summed E-state index contributed by atoms with van der Waals surface area (Å²) < 4.78 is 0. The third kappa shape index (κ3) is 1.86. The van der Waals surface area contributed by atoms with E-state index in [9.17, 15) is 10.2 Å². The SMILES string of the molecule is Cc1cc(CC2(O)CC2)c(C)c(C)c1O. The standard InChI is InChI=1S/C13H18O2/c1-8-6-11(7-13(15)4-5-13)9(2)10(3)12(8)14/h6,14-15H,4-5,7H2,1-3H3. The van der Waals surface area contributed by atoms with Gasteiger partial charge in [0.1, 0.15) is 5.75 Å². The molecule has 1 fully saturated rings. The molecule has 0 heterocycles. The largest absolute Gasteiger partial charge is 0.507 e. The zero-order valence-corrected chi connectivity index (χ0v) is 9.59. The number of hydrogen-bond donors (Lipinski definition) is 2. The molecule has 0 aliphatic heterocycles.